The van der Waals surface area contributed by atoms with E-state index in [-0.39, 0.29) is 17.1 Å². The molecule has 0 aliphatic heterocycles. The summed E-state index contributed by atoms with van der Waals surface area (Å²) in [5.74, 6) is 0. The zero-order chi connectivity index (χ0) is 14.0. The van der Waals surface area contributed by atoms with E-state index >= 15 is 0 Å². The fraction of sp³-hybridized carbons (Fsp3) is 1.00. The fourth-order valence-corrected chi connectivity index (χ4v) is 0. The van der Waals surface area contributed by atoms with Gasteiger partial charge in [-0.3, -0.25) is 0 Å². The van der Waals surface area contributed by atoms with Crippen LogP contribution in [0.2, 0.25) is 0 Å². The van der Waals surface area contributed by atoms with Crippen LogP contribution in [0.1, 0.15) is 0 Å². The van der Waals surface area contributed by atoms with Gasteiger partial charge in [0, 0.05) is 0 Å². The van der Waals surface area contributed by atoms with Gasteiger partial charge in [0.15, 0.2) is 20.0 Å². The Balaban J connectivity index is -0.000000218. The van der Waals surface area contributed by atoms with Crippen molar-refractivity contribution in [3.8, 4) is 0 Å². The molecular weight excluding hydrogens is 358 g/mol. The topological polar surface area (TPSA) is 116 Å². The minimum Gasteiger partial charge on any atom is -0.556 e. The Morgan fingerprint density at radius 3 is 0.706 bits per heavy atom. The maximum absolute atomic E-state index is 10.8. The summed E-state index contributed by atoms with van der Waals surface area (Å²) >= 11 is 0. The van der Waals surface area contributed by atoms with Gasteiger partial charge in [0.05, 0.1) is 0 Å². The van der Waals surface area contributed by atoms with Gasteiger partial charge < -0.3 is 10.3 Å². The Kier molecular flexibility index (Phi) is 8.06. The molecule has 0 bridgehead atoms. The molecular formula is C2H2CuF6N2O4S2. The maximum Gasteiger partial charge on any atom is 2.00 e. The molecule has 0 heterocycles. The van der Waals surface area contributed by atoms with Gasteiger partial charge in [0.25, 0.3) is 0 Å². The van der Waals surface area contributed by atoms with E-state index in [1.807, 2.05) is 0 Å². The first-order chi connectivity index (χ1) is 6.50. The van der Waals surface area contributed by atoms with Crippen molar-refractivity contribution in [3.63, 3.8) is 0 Å². The van der Waals surface area contributed by atoms with E-state index in [0.29, 0.717) is 0 Å². The molecule has 2 N–H and O–H groups in total. The Bertz CT molecular complexity index is 380. The summed E-state index contributed by atoms with van der Waals surface area (Å²) in [6, 6.07) is 0. The number of alkyl halides is 6. The molecule has 0 aromatic carbocycles. The summed E-state index contributed by atoms with van der Waals surface area (Å²) in [5, 5.41) is 10.9. The number of nitrogens with one attached hydrogen (secondary N) is 2. The molecule has 1 radical (unpaired) electrons. The Morgan fingerprint density at radius 1 is 0.647 bits per heavy atom. The van der Waals surface area contributed by atoms with E-state index in [0.717, 1.165) is 0 Å². The van der Waals surface area contributed by atoms with Crippen LogP contribution in [-0.4, -0.2) is 27.9 Å². The molecule has 0 spiro atoms. The van der Waals surface area contributed by atoms with Crippen LogP contribution in [0.3, 0.4) is 0 Å². The summed E-state index contributed by atoms with van der Waals surface area (Å²) in [6.07, 6.45) is 0. The predicted octanol–water partition coefficient (Wildman–Crippen LogP) is 1.77. The number of hydrogen-bond acceptors (Lipinski definition) is 4. The Hall–Kier alpha value is -0.0805. The van der Waals surface area contributed by atoms with E-state index in [1.165, 1.54) is 0 Å². The molecule has 0 fully saturated rings. The standard InChI is InChI=1S/2CHF3NO2S.Cu/c2*2-1(3,4)8(5,6)7;/h2*(H-,5,6,7);/q2*-1;+2. The maximum atomic E-state index is 10.8. The van der Waals surface area contributed by atoms with Crippen LogP contribution in [0.25, 0.3) is 10.3 Å². The molecule has 0 amide bonds. The molecule has 0 aromatic heterocycles. The SMILES string of the molecule is [Cu+2].[NH-]S(=O)(=O)C(F)(F)F.[NH-]S(=O)(=O)C(F)(F)F. The second-order valence-corrected chi connectivity index (χ2v) is 4.84. The third-order valence-electron chi connectivity index (χ3n) is 0.609. The molecule has 0 rings (SSSR count). The predicted molar refractivity (Wildman–Crippen MR) is 38.6 cm³/mol. The molecule has 0 aromatic rings. The zero-order valence-corrected chi connectivity index (χ0v) is 9.59. The van der Waals surface area contributed by atoms with Crippen LogP contribution in [-0.2, 0) is 37.1 Å². The minimum atomic E-state index is -5.59. The van der Waals surface area contributed by atoms with Gasteiger partial charge in [-0.25, -0.2) is 16.8 Å². The first-order valence-electron chi connectivity index (χ1n) is 2.62. The van der Waals surface area contributed by atoms with Crippen molar-refractivity contribution >= 4 is 20.0 Å². The van der Waals surface area contributed by atoms with Crippen LogP contribution in [0.15, 0.2) is 0 Å². The number of sulfonamides is 2. The summed E-state index contributed by atoms with van der Waals surface area (Å²) in [6.45, 7) is 0. The van der Waals surface area contributed by atoms with Crippen molar-refractivity contribution in [2.45, 2.75) is 11.0 Å². The van der Waals surface area contributed by atoms with E-state index in [4.69, 9.17) is 10.3 Å². The van der Waals surface area contributed by atoms with Gasteiger partial charge in [-0.15, -0.1) is 0 Å². The Morgan fingerprint density at radius 2 is 0.706 bits per heavy atom. The largest absolute Gasteiger partial charge is 2.00 e. The molecule has 0 aliphatic carbocycles. The summed E-state index contributed by atoms with van der Waals surface area (Å²) in [7, 11) is -11.2. The van der Waals surface area contributed by atoms with Crippen molar-refractivity contribution in [2.24, 2.45) is 0 Å². The molecule has 0 saturated heterocycles. The van der Waals surface area contributed by atoms with Crippen LogP contribution < -0.4 is 0 Å². The van der Waals surface area contributed by atoms with Gasteiger partial charge in [-0.1, -0.05) is 0 Å². The summed E-state index contributed by atoms with van der Waals surface area (Å²) in [4.78, 5) is 0. The first kappa shape index (κ1) is 22.1. The zero-order valence-electron chi connectivity index (χ0n) is 7.02. The second-order valence-electron chi connectivity index (χ2n) is 1.90. The summed E-state index contributed by atoms with van der Waals surface area (Å²) < 4.78 is 102. The molecule has 6 nitrogen and oxygen atoms in total. The monoisotopic (exact) mass is 359 g/mol. The van der Waals surface area contributed by atoms with Gasteiger partial charge in [0.1, 0.15) is 0 Å². The van der Waals surface area contributed by atoms with Gasteiger partial charge in [-0.05, 0) is 0 Å². The number of halogens is 6. The van der Waals surface area contributed by atoms with E-state index in [2.05, 4.69) is 0 Å². The molecule has 15 heteroatoms. The van der Waals surface area contributed by atoms with Crippen LogP contribution in [0.4, 0.5) is 26.3 Å². The van der Waals surface area contributed by atoms with E-state index in [1.54, 1.807) is 0 Å². The quantitative estimate of drug-likeness (QED) is 0.484. The van der Waals surface area contributed by atoms with Crippen molar-refractivity contribution in [3.05, 3.63) is 10.3 Å². The van der Waals surface area contributed by atoms with Gasteiger partial charge in [0.2, 0.25) is 0 Å². The van der Waals surface area contributed by atoms with Crippen molar-refractivity contribution in [2.75, 3.05) is 0 Å². The van der Waals surface area contributed by atoms with Crippen molar-refractivity contribution in [1.82, 2.24) is 0 Å². The molecule has 17 heavy (non-hydrogen) atoms. The van der Waals surface area contributed by atoms with E-state index in [9.17, 15) is 43.2 Å². The van der Waals surface area contributed by atoms with Crippen LogP contribution in [0, 0.1) is 0 Å². The third-order valence-corrected chi connectivity index (χ3v) is 1.83. The summed E-state index contributed by atoms with van der Waals surface area (Å²) in [5.41, 5.74) is -10.8. The average Bonchev–Trinajstić information content (AvgIpc) is 1.77. The second kappa shape index (κ2) is 6.19. The van der Waals surface area contributed by atoms with Crippen LogP contribution in [0.5, 0.6) is 0 Å². The van der Waals surface area contributed by atoms with Crippen LogP contribution >= 0.6 is 0 Å². The molecule has 0 unspecified atom stereocenters. The fourth-order valence-electron chi connectivity index (χ4n) is 0. The first-order valence-corrected chi connectivity index (χ1v) is 5.58. The number of rotatable bonds is 0. The molecule has 0 aliphatic rings. The van der Waals surface area contributed by atoms with Gasteiger partial charge in [-0.2, -0.15) is 26.3 Å². The van der Waals surface area contributed by atoms with Gasteiger partial charge >= 0.3 is 28.1 Å². The number of hydrogen-bond donors (Lipinski definition) is 0. The van der Waals surface area contributed by atoms with Crippen molar-refractivity contribution in [1.29, 1.82) is 0 Å². The molecule has 0 saturated carbocycles. The Labute approximate surface area is 102 Å². The van der Waals surface area contributed by atoms with Crippen molar-refractivity contribution < 1.29 is 60.2 Å². The normalized spacial score (nSPS) is 13.2. The third kappa shape index (κ3) is 9.61. The smallest absolute Gasteiger partial charge is 0.556 e. The average molecular weight is 360 g/mol. The minimum absolute atomic E-state index is 0. The molecule has 109 valence electrons. The molecule has 0 atom stereocenters. The van der Waals surface area contributed by atoms with E-state index < -0.39 is 31.1 Å².